The summed E-state index contributed by atoms with van der Waals surface area (Å²) in [7, 11) is 0. The molecule has 0 radical (unpaired) electrons. The second kappa shape index (κ2) is 3.71. The van der Waals surface area contributed by atoms with Crippen LogP contribution in [0.25, 0.3) is 22.8 Å². The number of H-pyrrole nitrogens is 1. The van der Waals surface area contributed by atoms with E-state index in [1.807, 2.05) is 6.07 Å². The SMILES string of the molecule is Nc1[nH]ncc1-c1nc(-c2cccnc2)no1. The maximum Gasteiger partial charge on any atom is 0.263 e. The first kappa shape index (κ1) is 9.52. The molecule has 3 heterocycles. The molecule has 3 rings (SSSR count). The fraction of sp³-hybridized carbons (Fsp3) is 0. The Morgan fingerprint density at radius 1 is 1.29 bits per heavy atom. The first-order valence-electron chi connectivity index (χ1n) is 4.88. The zero-order chi connectivity index (χ0) is 11.7. The van der Waals surface area contributed by atoms with Crippen LogP contribution in [0.4, 0.5) is 5.82 Å². The second-order valence-corrected chi connectivity index (χ2v) is 3.36. The normalized spacial score (nSPS) is 10.6. The van der Waals surface area contributed by atoms with Gasteiger partial charge in [0.25, 0.3) is 5.89 Å². The van der Waals surface area contributed by atoms with Gasteiger partial charge in [0.1, 0.15) is 11.4 Å². The zero-order valence-corrected chi connectivity index (χ0v) is 8.66. The van der Waals surface area contributed by atoms with Crippen LogP contribution < -0.4 is 5.73 Å². The average Bonchev–Trinajstić information content (AvgIpc) is 2.98. The van der Waals surface area contributed by atoms with Gasteiger partial charge in [-0.05, 0) is 12.1 Å². The van der Waals surface area contributed by atoms with Gasteiger partial charge in [-0.3, -0.25) is 10.1 Å². The molecule has 0 aliphatic carbocycles. The van der Waals surface area contributed by atoms with E-state index >= 15 is 0 Å². The zero-order valence-electron chi connectivity index (χ0n) is 8.66. The lowest BCUT2D eigenvalue weighted by molar-refractivity contribution is 0.432. The van der Waals surface area contributed by atoms with Gasteiger partial charge in [-0.25, -0.2) is 0 Å². The highest BCUT2D eigenvalue weighted by Gasteiger charge is 2.14. The number of pyridine rings is 1. The molecule has 0 saturated carbocycles. The molecule has 3 N–H and O–H groups in total. The smallest absolute Gasteiger partial charge is 0.263 e. The van der Waals surface area contributed by atoms with Crippen molar-refractivity contribution in [1.82, 2.24) is 25.3 Å². The molecule has 84 valence electrons. The van der Waals surface area contributed by atoms with Crippen LogP contribution in [0.1, 0.15) is 0 Å². The summed E-state index contributed by atoms with van der Waals surface area (Å²) in [6.07, 6.45) is 4.88. The summed E-state index contributed by atoms with van der Waals surface area (Å²) in [5, 5.41) is 10.3. The molecule has 0 unspecified atom stereocenters. The number of nitrogen functional groups attached to an aromatic ring is 1. The van der Waals surface area contributed by atoms with Crippen LogP contribution in [0.5, 0.6) is 0 Å². The number of anilines is 1. The molecule has 3 aromatic rings. The van der Waals surface area contributed by atoms with Crippen LogP contribution in [-0.4, -0.2) is 25.3 Å². The lowest BCUT2D eigenvalue weighted by atomic mass is 10.3. The Kier molecular flexibility index (Phi) is 2.08. The third-order valence-electron chi connectivity index (χ3n) is 2.24. The first-order chi connectivity index (χ1) is 8.34. The van der Waals surface area contributed by atoms with E-state index in [1.165, 1.54) is 6.20 Å². The highest BCUT2D eigenvalue weighted by atomic mass is 16.5. The van der Waals surface area contributed by atoms with Crippen LogP contribution in [0.2, 0.25) is 0 Å². The summed E-state index contributed by atoms with van der Waals surface area (Å²) < 4.78 is 5.12. The minimum atomic E-state index is 0.329. The second-order valence-electron chi connectivity index (χ2n) is 3.36. The molecule has 0 spiro atoms. The predicted octanol–water partition coefficient (Wildman–Crippen LogP) is 1.10. The highest BCUT2D eigenvalue weighted by Crippen LogP contribution is 2.24. The number of hydrogen-bond acceptors (Lipinski definition) is 6. The lowest BCUT2D eigenvalue weighted by Crippen LogP contribution is -1.87. The number of nitrogens with two attached hydrogens (primary N) is 1. The molecule has 0 amide bonds. The topological polar surface area (TPSA) is 107 Å². The summed E-state index contributed by atoms with van der Waals surface area (Å²) in [6, 6.07) is 3.65. The Balaban J connectivity index is 2.02. The fourth-order valence-corrected chi connectivity index (χ4v) is 1.41. The van der Waals surface area contributed by atoms with Gasteiger partial charge in [0, 0.05) is 18.0 Å². The molecule has 0 bridgehead atoms. The van der Waals surface area contributed by atoms with Crippen molar-refractivity contribution in [2.75, 3.05) is 5.73 Å². The van der Waals surface area contributed by atoms with Gasteiger partial charge in [0.2, 0.25) is 5.82 Å². The molecule has 0 fully saturated rings. The Morgan fingerprint density at radius 2 is 2.24 bits per heavy atom. The van der Waals surface area contributed by atoms with Gasteiger partial charge in [-0.1, -0.05) is 5.16 Å². The van der Waals surface area contributed by atoms with Crippen LogP contribution in [0.3, 0.4) is 0 Å². The van der Waals surface area contributed by atoms with E-state index in [0.29, 0.717) is 23.1 Å². The van der Waals surface area contributed by atoms with Crippen LogP contribution >= 0.6 is 0 Å². The molecule has 0 aliphatic heterocycles. The number of aromatic nitrogens is 5. The number of aromatic amines is 1. The number of rotatable bonds is 2. The van der Waals surface area contributed by atoms with E-state index < -0.39 is 0 Å². The number of nitrogens with zero attached hydrogens (tertiary/aromatic N) is 4. The van der Waals surface area contributed by atoms with Crippen molar-refractivity contribution in [2.24, 2.45) is 0 Å². The molecule has 7 heteroatoms. The Labute approximate surface area is 95.7 Å². The van der Waals surface area contributed by atoms with E-state index in [-0.39, 0.29) is 0 Å². The molecule has 0 aromatic carbocycles. The quantitative estimate of drug-likeness (QED) is 0.680. The Hall–Kier alpha value is -2.70. The molecular formula is C10H8N6O. The summed E-state index contributed by atoms with van der Waals surface area (Å²) in [4.78, 5) is 8.21. The van der Waals surface area contributed by atoms with Crippen molar-refractivity contribution in [3.8, 4) is 22.8 Å². The van der Waals surface area contributed by atoms with Crippen molar-refractivity contribution in [3.63, 3.8) is 0 Å². The van der Waals surface area contributed by atoms with Gasteiger partial charge >= 0.3 is 0 Å². The van der Waals surface area contributed by atoms with Gasteiger partial charge in [0.05, 0.1) is 6.20 Å². The third-order valence-corrected chi connectivity index (χ3v) is 2.24. The van der Waals surface area contributed by atoms with Crippen molar-refractivity contribution in [3.05, 3.63) is 30.7 Å². The van der Waals surface area contributed by atoms with Crippen LogP contribution in [-0.2, 0) is 0 Å². The van der Waals surface area contributed by atoms with E-state index in [9.17, 15) is 0 Å². The van der Waals surface area contributed by atoms with Crippen LogP contribution in [0, 0.1) is 0 Å². The monoisotopic (exact) mass is 228 g/mol. The first-order valence-corrected chi connectivity index (χ1v) is 4.88. The molecule has 0 aliphatic rings. The fourth-order valence-electron chi connectivity index (χ4n) is 1.41. The summed E-state index contributed by atoms with van der Waals surface area (Å²) in [6.45, 7) is 0. The van der Waals surface area contributed by atoms with Gasteiger partial charge in [-0.2, -0.15) is 10.1 Å². The molecule has 0 atom stereocenters. The van der Waals surface area contributed by atoms with E-state index in [4.69, 9.17) is 10.3 Å². The largest absolute Gasteiger partial charge is 0.383 e. The molecule has 7 nitrogen and oxygen atoms in total. The predicted molar refractivity (Wildman–Crippen MR) is 59.5 cm³/mol. The van der Waals surface area contributed by atoms with Crippen molar-refractivity contribution in [1.29, 1.82) is 0 Å². The minimum absolute atomic E-state index is 0.329. The molecule has 0 saturated heterocycles. The Morgan fingerprint density at radius 3 is 2.94 bits per heavy atom. The van der Waals surface area contributed by atoms with Gasteiger partial charge in [0.15, 0.2) is 0 Å². The summed E-state index contributed by atoms with van der Waals surface area (Å²) >= 11 is 0. The third kappa shape index (κ3) is 1.63. The maximum atomic E-state index is 5.66. The molecular weight excluding hydrogens is 220 g/mol. The van der Waals surface area contributed by atoms with E-state index in [1.54, 1.807) is 18.5 Å². The molecule has 3 aromatic heterocycles. The van der Waals surface area contributed by atoms with Crippen molar-refractivity contribution >= 4 is 5.82 Å². The maximum absolute atomic E-state index is 5.66. The van der Waals surface area contributed by atoms with Gasteiger partial charge < -0.3 is 10.3 Å². The van der Waals surface area contributed by atoms with E-state index in [0.717, 1.165) is 5.56 Å². The average molecular weight is 228 g/mol. The van der Waals surface area contributed by atoms with E-state index in [2.05, 4.69) is 25.3 Å². The number of nitrogens with one attached hydrogen (secondary N) is 1. The van der Waals surface area contributed by atoms with Crippen molar-refractivity contribution < 1.29 is 4.52 Å². The minimum Gasteiger partial charge on any atom is -0.383 e. The lowest BCUT2D eigenvalue weighted by Gasteiger charge is -1.90. The summed E-state index contributed by atoms with van der Waals surface area (Å²) in [5.74, 6) is 1.19. The Bertz CT molecular complexity index is 629. The van der Waals surface area contributed by atoms with Crippen LogP contribution in [0.15, 0.2) is 35.2 Å². The number of hydrogen-bond donors (Lipinski definition) is 2. The van der Waals surface area contributed by atoms with Gasteiger partial charge in [-0.15, -0.1) is 0 Å². The highest BCUT2D eigenvalue weighted by molar-refractivity contribution is 5.67. The summed E-state index contributed by atoms with van der Waals surface area (Å²) in [5.41, 5.74) is 7.03. The van der Waals surface area contributed by atoms with Crippen molar-refractivity contribution in [2.45, 2.75) is 0 Å². The molecule has 17 heavy (non-hydrogen) atoms. The standard InChI is InChI=1S/C10H8N6O/c11-8-7(5-13-15-8)10-14-9(16-17-10)6-2-1-3-12-4-6/h1-5H,(H3,11,13,15).